The van der Waals surface area contributed by atoms with Crippen molar-refractivity contribution in [3.8, 4) is 11.5 Å². The number of methoxy groups -OCH3 is 1. The Kier molecular flexibility index (Phi) is 5.70. The predicted octanol–water partition coefficient (Wildman–Crippen LogP) is 5.27. The molecule has 1 spiro atoms. The van der Waals surface area contributed by atoms with Crippen molar-refractivity contribution >= 4 is 5.97 Å². The maximum atomic E-state index is 13.6. The lowest BCUT2D eigenvalue weighted by molar-refractivity contribution is -0.274. The van der Waals surface area contributed by atoms with Crippen molar-refractivity contribution in [2.45, 2.75) is 49.5 Å². The molecule has 182 valence electrons. The molecule has 2 aliphatic heterocycles. The molecule has 0 amide bonds. The van der Waals surface area contributed by atoms with E-state index in [0.29, 0.717) is 49.2 Å². The van der Waals surface area contributed by atoms with Gasteiger partial charge in [-0.3, -0.25) is 4.79 Å². The van der Waals surface area contributed by atoms with Crippen LogP contribution in [0.4, 0.5) is 17.6 Å². The summed E-state index contributed by atoms with van der Waals surface area (Å²) in [5.41, 5.74) is 1.33. The molecule has 4 atom stereocenters. The SMILES string of the molecule is COC(=O)C1CCC2(CC(c3cc(OC(F)(F)F)cc4c3OCC4)CO2)C1c1ccc(F)cc1. The van der Waals surface area contributed by atoms with Crippen LogP contribution in [0.2, 0.25) is 0 Å². The van der Waals surface area contributed by atoms with Crippen LogP contribution in [-0.2, 0) is 20.7 Å². The molecule has 1 saturated carbocycles. The van der Waals surface area contributed by atoms with Crippen LogP contribution in [0.5, 0.6) is 11.5 Å². The monoisotopic (exact) mass is 480 g/mol. The first-order valence-electron chi connectivity index (χ1n) is 11.2. The van der Waals surface area contributed by atoms with E-state index in [1.54, 1.807) is 12.1 Å². The molecule has 0 N–H and O–H groups in total. The van der Waals surface area contributed by atoms with E-state index in [1.807, 2.05) is 0 Å². The lowest BCUT2D eigenvalue weighted by Gasteiger charge is -2.33. The Balaban J connectivity index is 1.49. The maximum Gasteiger partial charge on any atom is 0.573 e. The van der Waals surface area contributed by atoms with E-state index in [2.05, 4.69) is 4.74 Å². The summed E-state index contributed by atoms with van der Waals surface area (Å²) >= 11 is 0. The molecule has 9 heteroatoms. The topological polar surface area (TPSA) is 54.0 Å². The minimum Gasteiger partial charge on any atom is -0.493 e. The molecular formula is C25H24F4O5. The molecule has 5 nitrogen and oxygen atoms in total. The number of hydrogen-bond acceptors (Lipinski definition) is 5. The molecule has 2 fully saturated rings. The Bertz CT molecular complexity index is 1080. The van der Waals surface area contributed by atoms with Gasteiger partial charge in [-0.2, -0.15) is 0 Å². The molecule has 5 rings (SSSR count). The molecule has 1 aliphatic carbocycles. The largest absolute Gasteiger partial charge is 0.573 e. The summed E-state index contributed by atoms with van der Waals surface area (Å²) in [5, 5.41) is 0. The van der Waals surface area contributed by atoms with Gasteiger partial charge in [0.2, 0.25) is 0 Å². The third-order valence-electron chi connectivity index (χ3n) is 7.20. The molecule has 2 aromatic rings. The van der Waals surface area contributed by atoms with Crippen LogP contribution < -0.4 is 9.47 Å². The van der Waals surface area contributed by atoms with E-state index in [4.69, 9.17) is 14.2 Å². The third kappa shape index (κ3) is 4.10. The van der Waals surface area contributed by atoms with Gasteiger partial charge in [0.25, 0.3) is 0 Å². The number of benzene rings is 2. The van der Waals surface area contributed by atoms with Crippen molar-refractivity contribution < 1.29 is 41.3 Å². The highest BCUT2D eigenvalue weighted by molar-refractivity contribution is 5.74. The van der Waals surface area contributed by atoms with Crippen molar-refractivity contribution in [3.63, 3.8) is 0 Å². The van der Waals surface area contributed by atoms with Crippen LogP contribution in [0.25, 0.3) is 0 Å². The highest BCUT2D eigenvalue weighted by Crippen LogP contribution is 2.57. The van der Waals surface area contributed by atoms with Crippen LogP contribution in [-0.4, -0.2) is 38.3 Å². The normalized spacial score (nSPS) is 28.1. The number of hydrogen-bond donors (Lipinski definition) is 0. The zero-order valence-electron chi connectivity index (χ0n) is 18.5. The highest BCUT2D eigenvalue weighted by Gasteiger charge is 2.57. The standard InChI is InChI=1S/C25H24F4O5/c1-31-23(30)19-6-8-24(21(19)14-2-4-17(26)5-3-14)12-16(13-33-24)20-11-18(34-25(27,28)29)10-15-7-9-32-22(15)20/h2-5,10-11,16,19,21H,6-9,12-13H2,1H3. The molecule has 2 aromatic carbocycles. The minimum absolute atomic E-state index is 0.247. The Morgan fingerprint density at radius 2 is 1.94 bits per heavy atom. The summed E-state index contributed by atoms with van der Waals surface area (Å²) in [5.74, 6) is -1.51. The number of fused-ring (bicyclic) bond motifs is 1. The maximum absolute atomic E-state index is 13.6. The van der Waals surface area contributed by atoms with Gasteiger partial charge in [-0.25, -0.2) is 4.39 Å². The van der Waals surface area contributed by atoms with Crippen LogP contribution in [0, 0.1) is 11.7 Å². The fourth-order valence-corrected chi connectivity index (χ4v) is 5.90. The Morgan fingerprint density at radius 1 is 1.18 bits per heavy atom. The Hall–Kier alpha value is -2.81. The summed E-state index contributed by atoms with van der Waals surface area (Å²) in [4.78, 5) is 12.6. The average Bonchev–Trinajstić information content (AvgIpc) is 3.51. The van der Waals surface area contributed by atoms with Crippen molar-refractivity contribution in [1.82, 2.24) is 0 Å². The summed E-state index contributed by atoms with van der Waals surface area (Å²) in [6, 6.07) is 8.75. The van der Waals surface area contributed by atoms with Crippen LogP contribution in [0.15, 0.2) is 36.4 Å². The van der Waals surface area contributed by atoms with Gasteiger partial charge in [0, 0.05) is 29.4 Å². The average molecular weight is 480 g/mol. The number of esters is 1. The van der Waals surface area contributed by atoms with E-state index >= 15 is 0 Å². The first kappa shape index (κ1) is 23.0. The van der Waals surface area contributed by atoms with E-state index in [-0.39, 0.29) is 36.0 Å². The number of halogens is 4. The van der Waals surface area contributed by atoms with Gasteiger partial charge in [-0.15, -0.1) is 13.2 Å². The predicted molar refractivity (Wildman–Crippen MR) is 112 cm³/mol. The fourth-order valence-electron chi connectivity index (χ4n) is 5.90. The summed E-state index contributed by atoms with van der Waals surface area (Å²) in [6.07, 6.45) is -2.71. The van der Waals surface area contributed by atoms with Crippen LogP contribution >= 0.6 is 0 Å². The van der Waals surface area contributed by atoms with Gasteiger partial charge in [-0.1, -0.05) is 12.1 Å². The van der Waals surface area contributed by atoms with E-state index in [1.165, 1.54) is 31.4 Å². The molecule has 4 unspecified atom stereocenters. The molecule has 0 radical (unpaired) electrons. The molecule has 0 aromatic heterocycles. The van der Waals surface area contributed by atoms with Gasteiger partial charge in [0.15, 0.2) is 0 Å². The molecule has 34 heavy (non-hydrogen) atoms. The van der Waals surface area contributed by atoms with Gasteiger partial charge in [0.1, 0.15) is 17.3 Å². The lowest BCUT2D eigenvalue weighted by Crippen LogP contribution is -2.35. The fraction of sp³-hybridized carbons (Fsp3) is 0.480. The number of ether oxygens (including phenoxy) is 4. The Morgan fingerprint density at radius 3 is 2.65 bits per heavy atom. The smallest absolute Gasteiger partial charge is 0.493 e. The quantitative estimate of drug-likeness (QED) is 0.441. The zero-order chi connectivity index (χ0) is 24.1. The second-order valence-corrected chi connectivity index (χ2v) is 9.12. The third-order valence-corrected chi connectivity index (χ3v) is 7.20. The number of rotatable bonds is 4. The number of carbonyl (C=O) groups is 1. The first-order valence-corrected chi connectivity index (χ1v) is 11.2. The number of alkyl halides is 3. The minimum atomic E-state index is -4.80. The second kappa shape index (κ2) is 8.45. The zero-order valence-corrected chi connectivity index (χ0v) is 18.5. The van der Waals surface area contributed by atoms with E-state index in [0.717, 1.165) is 5.56 Å². The molecule has 1 saturated heterocycles. The van der Waals surface area contributed by atoms with Gasteiger partial charge >= 0.3 is 12.3 Å². The van der Waals surface area contributed by atoms with Crippen molar-refractivity contribution in [2.75, 3.05) is 20.3 Å². The first-order chi connectivity index (χ1) is 16.2. The second-order valence-electron chi connectivity index (χ2n) is 9.12. The van der Waals surface area contributed by atoms with Gasteiger partial charge in [0.05, 0.1) is 31.8 Å². The lowest BCUT2D eigenvalue weighted by atomic mass is 9.76. The number of carbonyl (C=O) groups excluding carboxylic acids is 1. The van der Waals surface area contributed by atoms with E-state index < -0.39 is 17.9 Å². The van der Waals surface area contributed by atoms with Crippen molar-refractivity contribution in [3.05, 3.63) is 58.9 Å². The van der Waals surface area contributed by atoms with Crippen molar-refractivity contribution in [1.29, 1.82) is 0 Å². The highest BCUT2D eigenvalue weighted by atomic mass is 19.4. The molecule has 0 bridgehead atoms. The molecular weight excluding hydrogens is 456 g/mol. The van der Waals surface area contributed by atoms with Gasteiger partial charge < -0.3 is 18.9 Å². The summed E-state index contributed by atoms with van der Waals surface area (Å²) in [6.45, 7) is 0.649. The van der Waals surface area contributed by atoms with Crippen LogP contribution in [0.1, 0.15) is 47.8 Å². The summed E-state index contributed by atoms with van der Waals surface area (Å²) < 4.78 is 73.7. The molecule has 3 aliphatic rings. The van der Waals surface area contributed by atoms with Gasteiger partial charge in [-0.05, 0) is 49.1 Å². The van der Waals surface area contributed by atoms with Crippen LogP contribution in [0.3, 0.4) is 0 Å². The van der Waals surface area contributed by atoms with Crippen molar-refractivity contribution in [2.24, 2.45) is 5.92 Å². The molecule has 2 heterocycles. The summed E-state index contributed by atoms with van der Waals surface area (Å²) in [7, 11) is 1.33. The Labute approximate surface area is 193 Å². The van der Waals surface area contributed by atoms with E-state index in [9.17, 15) is 22.4 Å².